The Labute approximate surface area is 76.3 Å². The van der Waals surface area contributed by atoms with Gasteiger partial charge in [-0.2, -0.15) is 0 Å². The summed E-state index contributed by atoms with van der Waals surface area (Å²) in [6.45, 7) is 2.40. The molecule has 1 unspecified atom stereocenters. The normalized spacial score (nSPS) is 21.4. The van der Waals surface area contributed by atoms with E-state index in [1.165, 1.54) is 0 Å². The van der Waals surface area contributed by atoms with Crippen LogP contribution in [0.5, 0.6) is 0 Å². The van der Waals surface area contributed by atoms with Gasteiger partial charge in [0.1, 0.15) is 17.6 Å². The first-order chi connectivity index (χ1) is 6.29. The second-order valence-corrected chi connectivity index (χ2v) is 3.12. The molecule has 13 heavy (non-hydrogen) atoms. The highest BCUT2D eigenvalue weighted by Gasteiger charge is 2.22. The standard InChI is InChI=1S/C9H12N2O2/c1-6-2-3-9(12-6)8-4-7(5-10)13-11-8/h2-3,7H,4-5,10H2,1H3. The predicted molar refractivity (Wildman–Crippen MR) is 48.5 cm³/mol. The quantitative estimate of drug-likeness (QED) is 0.739. The highest BCUT2D eigenvalue weighted by molar-refractivity contribution is 5.98. The first kappa shape index (κ1) is 8.31. The van der Waals surface area contributed by atoms with E-state index < -0.39 is 0 Å². The molecule has 1 aliphatic heterocycles. The lowest BCUT2D eigenvalue weighted by Crippen LogP contribution is -2.19. The first-order valence-corrected chi connectivity index (χ1v) is 4.29. The van der Waals surface area contributed by atoms with Crippen molar-refractivity contribution in [1.82, 2.24) is 0 Å². The third kappa shape index (κ3) is 1.58. The Hall–Kier alpha value is -1.29. The van der Waals surface area contributed by atoms with Crippen LogP contribution in [0, 0.1) is 6.92 Å². The van der Waals surface area contributed by atoms with E-state index in [9.17, 15) is 0 Å². The molecule has 1 aliphatic rings. The molecule has 1 aromatic rings. The predicted octanol–water partition coefficient (Wildman–Crippen LogP) is 1.04. The summed E-state index contributed by atoms with van der Waals surface area (Å²) in [4.78, 5) is 5.08. The molecule has 70 valence electrons. The molecule has 2 N–H and O–H groups in total. The molecule has 0 bridgehead atoms. The Kier molecular flexibility index (Phi) is 2.06. The van der Waals surface area contributed by atoms with Crippen LogP contribution in [0.1, 0.15) is 17.9 Å². The van der Waals surface area contributed by atoms with E-state index in [-0.39, 0.29) is 6.10 Å². The van der Waals surface area contributed by atoms with E-state index in [4.69, 9.17) is 15.0 Å². The number of nitrogens with zero attached hydrogens (tertiary/aromatic N) is 1. The number of nitrogens with two attached hydrogens (primary N) is 1. The van der Waals surface area contributed by atoms with Crippen molar-refractivity contribution in [2.24, 2.45) is 10.9 Å². The molecule has 0 amide bonds. The molecular weight excluding hydrogens is 168 g/mol. The van der Waals surface area contributed by atoms with E-state index in [0.717, 1.165) is 23.7 Å². The van der Waals surface area contributed by atoms with Gasteiger partial charge in [-0.25, -0.2) is 0 Å². The van der Waals surface area contributed by atoms with Crippen LogP contribution in [-0.2, 0) is 4.84 Å². The Balaban J connectivity index is 2.12. The van der Waals surface area contributed by atoms with Gasteiger partial charge in [0.25, 0.3) is 0 Å². The highest BCUT2D eigenvalue weighted by Crippen LogP contribution is 2.17. The van der Waals surface area contributed by atoms with E-state index in [1.54, 1.807) is 0 Å². The molecule has 0 spiro atoms. The number of hydrogen-bond donors (Lipinski definition) is 1. The molecule has 2 heterocycles. The van der Waals surface area contributed by atoms with Crippen molar-refractivity contribution in [1.29, 1.82) is 0 Å². The van der Waals surface area contributed by atoms with Crippen LogP contribution in [-0.4, -0.2) is 18.4 Å². The summed E-state index contributed by atoms with van der Waals surface area (Å²) in [6.07, 6.45) is 0.754. The molecule has 0 saturated heterocycles. The van der Waals surface area contributed by atoms with Crippen LogP contribution in [0.4, 0.5) is 0 Å². The van der Waals surface area contributed by atoms with E-state index in [2.05, 4.69) is 5.16 Å². The van der Waals surface area contributed by atoms with Crippen molar-refractivity contribution < 1.29 is 9.25 Å². The van der Waals surface area contributed by atoms with Crippen LogP contribution < -0.4 is 5.73 Å². The molecule has 4 heteroatoms. The van der Waals surface area contributed by atoms with Crippen molar-refractivity contribution >= 4 is 5.71 Å². The molecule has 0 radical (unpaired) electrons. The van der Waals surface area contributed by atoms with Gasteiger partial charge in [0, 0.05) is 13.0 Å². The SMILES string of the molecule is Cc1ccc(C2=NOC(CN)C2)o1. The second-order valence-electron chi connectivity index (χ2n) is 3.12. The Morgan fingerprint density at radius 2 is 2.46 bits per heavy atom. The molecule has 0 aliphatic carbocycles. The Morgan fingerprint density at radius 3 is 3.00 bits per heavy atom. The topological polar surface area (TPSA) is 60.8 Å². The lowest BCUT2D eigenvalue weighted by molar-refractivity contribution is 0.0918. The molecule has 0 saturated carbocycles. The average molecular weight is 180 g/mol. The minimum Gasteiger partial charge on any atom is -0.460 e. The number of rotatable bonds is 2. The summed E-state index contributed by atoms with van der Waals surface area (Å²) in [6, 6.07) is 3.81. The lowest BCUT2D eigenvalue weighted by atomic mass is 10.1. The zero-order valence-corrected chi connectivity index (χ0v) is 7.49. The maximum Gasteiger partial charge on any atom is 0.151 e. The zero-order valence-electron chi connectivity index (χ0n) is 7.49. The zero-order chi connectivity index (χ0) is 9.26. The van der Waals surface area contributed by atoms with Gasteiger partial charge in [0.15, 0.2) is 5.76 Å². The molecule has 1 atom stereocenters. The van der Waals surface area contributed by atoms with Crippen molar-refractivity contribution in [3.63, 3.8) is 0 Å². The van der Waals surface area contributed by atoms with Crippen LogP contribution in [0.3, 0.4) is 0 Å². The van der Waals surface area contributed by atoms with Crippen molar-refractivity contribution in [2.75, 3.05) is 6.54 Å². The van der Waals surface area contributed by atoms with Gasteiger partial charge in [-0.1, -0.05) is 5.16 Å². The fourth-order valence-electron chi connectivity index (χ4n) is 1.29. The van der Waals surface area contributed by atoms with Gasteiger partial charge < -0.3 is 15.0 Å². The molecule has 4 nitrogen and oxygen atoms in total. The Bertz CT molecular complexity index is 330. The van der Waals surface area contributed by atoms with E-state index in [1.807, 2.05) is 19.1 Å². The summed E-state index contributed by atoms with van der Waals surface area (Å²) < 4.78 is 5.41. The smallest absolute Gasteiger partial charge is 0.151 e. The number of oxime groups is 1. The van der Waals surface area contributed by atoms with Crippen LogP contribution in [0.25, 0.3) is 0 Å². The van der Waals surface area contributed by atoms with Gasteiger partial charge in [-0.15, -0.1) is 0 Å². The molecular formula is C9H12N2O2. The van der Waals surface area contributed by atoms with Crippen LogP contribution >= 0.6 is 0 Å². The second kappa shape index (κ2) is 3.22. The third-order valence-corrected chi connectivity index (χ3v) is 2.02. The van der Waals surface area contributed by atoms with E-state index in [0.29, 0.717) is 6.54 Å². The average Bonchev–Trinajstić information content (AvgIpc) is 2.71. The summed E-state index contributed by atoms with van der Waals surface area (Å²) in [5.41, 5.74) is 6.30. The molecule has 0 aromatic carbocycles. The minimum absolute atomic E-state index is 0.0143. The molecule has 2 rings (SSSR count). The van der Waals surface area contributed by atoms with Gasteiger partial charge in [-0.3, -0.25) is 0 Å². The highest BCUT2D eigenvalue weighted by atomic mass is 16.6. The Morgan fingerprint density at radius 1 is 1.62 bits per heavy atom. The maximum atomic E-state index is 5.45. The van der Waals surface area contributed by atoms with Gasteiger partial charge in [-0.05, 0) is 19.1 Å². The van der Waals surface area contributed by atoms with Gasteiger partial charge in [0.05, 0.1) is 0 Å². The largest absolute Gasteiger partial charge is 0.460 e. The fourth-order valence-corrected chi connectivity index (χ4v) is 1.29. The minimum atomic E-state index is 0.0143. The van der Waals surface area contributed by atoms with Crippen LogP contribution in [0.15, 0.2) is 21.7 Å². The molecule has 1 aromatic heterocycles. The fraction of sp³-hybridized carbons (Fsp3) is 0.444. The number of aryl methyl sites for hydroxylation is 1. The monoisotopic (exact) mass is 180 g/mol. The van der Waals surface area contributed by atoms with E-state index >= 15 is 0 Å². The van der Waals surface area contributed by atoms with Crippen LogP contribution in [0.2, 0.25) is 0 Å². The number of hydrogen-bond acceptors (Lipinski definition) is 4. The number of furan rings is 1. The van der Waals surface area contributed by atoms with Gasteiger partial charge in [0.2, 0.25) is 0 Å². The van der Waals surface area contributed by atoms with Gasteiger partial charge >= 0.3 is 0 Å². The van der Waals surface area contributed by atoms with Crippen molar-refractivity contribution in [3.05, 3.63) is 23.7 Å². The lowest BCUT2D eigenvalue weighted by Gasteiger charge is -2.00. The maximum absolute atomic E-state index is 5.45. The molecule has 0 fully saturated rings. The summed E-state index contributed by atoms with van der Waals surface area (Å²) >= 11 is 0. The van der Waals surface area contributed by atoms with Crippen molar-refractivity contribution in [3.8, 4) is 0 Å². The third-order valence-electron chi connectivity index (χ3n) is 2.02. The summed E-state index contributed by atoms with van der Waals surface area (Å²) in [7, 11) is 0. The summed E-state index contributed by atoms with van der Waals surface area (Å²) in [5, 5.41) is 3.91. The summed E-state index contributed by atoms with van der Waals surface area (Å²) in [5.74, 6) is 1.67. The first-order valence-electron chi connectivity index (χ1n) is 4.29. The van der Waals surface area contributed by atoms with Crippen molar-refractivity contribution in [2.45, 2.75) is 19.4 Å².